The van der Waals surface area contributed by atoms with Crippen LogP contribution in [0.25, 0.3) is 5.65 Å². The number of urea groups is 1. The van der Waals surface area contributed by atoms with Crippen molar-refractivity contribution in [3.8, 4) is 0 Å². The van der Waals surface area contributed by atoms with Crippen molar-refractivity contribution in [2.45, 2.75) is 60.9 Å². The number of hydrogen-bond acceptors (Lipinski definition) is 6. The molecule has 9 heteroatoms. The molecule has 2 amide bonds. The maximum atomic E-state index is 13.1. The Morgan fingerprint density at radius 3 is 2.62 bits per heavy atom. The molecule has 2 aliphatic heterocycles. The third-order valence-corrected chi connectivity index (χ3v) is 5.76. The fourth-order valence-electron chi connectivity index (χ4n) is 4.43. The molecular weight excluding hydrogens is 428 g/mol. The minimum Gasteiger partial charge on any atom is -0.368 e. The van der Waals surface area contributed by atoms with Gasteiger partial charge in [0.05, 0.1) is 17.6 Å². The maximum absolute atomic E-state index is 13.1. The molecule has 1 atom stereocenters. The highest BCUT2D eigenvalue weighted by Gasteiger charge is 2.30. The molecule has 0 saturated carbocycles. The second-order valence-corrected chi connectivity index (χ2v) is 8.09. The molecule has 5 heterocycles. The molecule has 2 aliphatic rings. The Morgan fingerprint density at radius 1 is 1.12 bits per heavy atom. The molecule has 9 nitrogen and oxygen atoms in total. The summed E-state index contributed by atoms with van der Waals surface area (Å²) >= 11 is 0. The van der Waals surface area contributed by atoms with Crippen molar-refractivity contribution in [3.63, 3.8) is 0 Å². The number of anilines is 3. The number of rotatable bonds is 2. The zero-order valence-corrected chi connectivity index (χ0v) is 21.5. The monoisotopic (exact) mass is 466 g/mol. The van der Waals surface area contributed by atoms with Gasteiger partial charge in [-0.3, -0.25) is 10.2 Å². The highest BCUT2D eigenvalue weighted by Crippen LogP contribution is 2.34. The number of aromatic nitrogens is 4. The molecule has 1 fully saturated rings. The SMILES string of the molecule is CC.CC.Cc1cn2cc(NC(=O)N3CCc4c(N5CCNC(C)C5)ccnc43)nc(C)c2n1. The molecule has 0 bridgehead atoms. The molecule has 2 N–H and O–H groups in total. The second-order valence-electron chi connectivity index (χ2n) is 8.09. The number of nitrogens with zero attached hydrogens (tertiary/aromatic N) is 6. The minimum absolute atomic E-state index is 0.213. The molecule has 5 rings (SSSR count). The van der Waals surface area contributed by atoms with Crippen LogP contribution in [0.5, 0.6) is 0 Å². The Labute approximate surface area is 202 Å². The van der Waals surface area contributed by atoms with Crippen molar-refractivity contribution in [1.29, 1.82) is 0 Å². The van der Waals surface area contributed by atoms with Crippen LogP contribution >= 0.6 is 0 Å². The number of piperazine rings is 1. The van der Waals surface area contributed by atoms with E-state index >= 15 is 0 Å². The van der Waals surface area contributed by atoms with Crippen LogP contribution in [-0.4, -0.2) is 57.6 Å². The first-order valence-electron chi connectivity index (χ1n) is 12.4. The molecule has 0 radical (unpaired) electrons. The largest absolute Gasteiger partial charge is 0.368 e. The van der Waals surface area contributed by atoms with Gasteiger partial charge in [0.15, 0.2) is 11.5 Å². The Morgan fingerprint density at radius 2 is 1.88 bits per heavy atom. The number of amides is 2. The quantitative estimate of drug-likeness (QED) is 0.589. The number of hydrogen-bond donors (Lipinski definition) is 2. The van der Waals surface area contributed by atoms with E-state index in [4.69, 9.17) is 0 Å². The van der Waals surface area contributed by atoms with Gasteiger partial charge in [-0.15, -0.1) is 0 Å². The van der Waals surface area contributed by atoms with Gasteiger partial charge in [-0.05, 0) is 33.3 Å². The van der Waals surface area contributed by atoms with Gasteiger partial charge in [0.2, 0.25) is 0 Å². The number of imidazole rings is 1. The van der Waals surface area contributed by atoms with Crippen molar-refractivity contribution in [2.75, 3.05) is 41.3 Å². The van der Waals surface area contributed by atoms with E-state index in [1.54, 1.807) is 17.3 Å². The first-order chi connectivity index (χ1) is 16.5. The smallest absolute Gasteiger partial charge is 0.328 e. The third kappa shape index (κ3) is 5.14. The van der Waals surface area contributed by atoms with Gasteiger partial charge in [0, 0.05) is 55.9 Å². The molecule has 34 heavy (non-hydrogen) atoms. The lowest BCUT2D eigenvalue weighted by molar-refractivity contribution is 0.257. The van der Waals surface area contributed by atoms with Crippen LogP contribution in [0, 0.1) is 13.8 Å². The summed E-state index contributed by atoms with van der Waals surface area (Å²) in [7, 11) is 0. The maximum Gasteiger partial charge on any atom is 0.328 e. The summed E-state index contributed by atoms with van der Waals surface area (Å²) in [6.07, 6.45) is 6.32. The van der Waals surface area contributed by atoms with Gasteiger partial charge in [0.25, 0.3) is 0 Å². The van der Waals surface area contributed by atoms with Crippen LogP contribution in [-0.2, 0) is 6.42 Å². The summed E-state index contributed by atoms with van der Waals surface area (Å²) in [5.41, 5.74) is 4.82. The van der Waals surface area contributed by atoms with E-state index in [0.29, 0.717) is 18.4 Å². The molecule has 0 aromatic carbocycles. The lowest BCUT2D eigenvalue weighted by Crippen LogP contribution is -2.49. The average molecular weight is 467 g/mol. The highest BCUT2D eigenvalue weighted by atomic mass is 16.2. The summed E-state index contributed by atoms with van der Waals surface area (Å²) in [6, 6.07) is 2.30. The Kier molecular flexibility index (Phi) is 8.44. The summed E-state index contributed by atoms with van der Waals surface area (Å²) in [5, 5.41) is 6.41. The standard InChI is InChI=1S/C21H26N8O.2C2H6/c1-13-10-27(9-7-22-13)17-4-6-23-20-16(17)5-8-29(20)21(30)26-18-12-28-11-14(2)24-19(28)15(3)25-18;2*1-2/h4,6,11-13,22H,5,7-10H2,1-3H3,(H,26,30);2*1-2H3. The molecule has 3 aromatic rings. The first-order valence-corrected chi connectivity index (χ1v) is 12.4. The second kappa shape index (κ2) is 11.3. The lowest BCUT2D eigenvalue weighted by atomic mass is 10.1. The van der Waals surface area contributed by atoms with Gasteiger partial charge in [-0.2, -0.15) is 0 Å². The van der Waals surface area contributed by atoms with E-state index in [1.807, 2.05) is 52.1 Å². The molecule has 1 unspecified atom stereocenters. The summed E-state index contributed by atoms with van der Waals surface area (Å²) in [5.74, 6) is 1.25. The van der Waals surface area contributed by atoms with Crippen LogP contribution in [0.4, 0.5) is 22.1 Å². The zero-order valence-electron chi connectivity index (χ0n) is 21.5. The Balaban J connectivity index is 0.000000771. The van der Waals surface area contributed by atoms with E-state index in [9.17, 15) is 4.79 Å². The van der Waals surface area contributed by atoms with Crippen molar-refractivity contribution >= 4 is 29.0 Å². The lowest BCUT2D eigenvalue weighted by Gasteiger charge is -2.34. The van der Waals surface area contributed by atoms with Gasteiger partial charge in [-0.1, -0.05) is 27.7 Å². The van der Waals surface area contributed by atoms with Crippen LogP contribution in [0.2, 0.25) is 0 Å². The third-order valence-electron chi connectivity index (χ3n) is 5.76. The average Bonchev–Trinajstić information content (AvgIpc) is 3.45. The van der Waals surface area contributed by atoms with E-state index in [2.05, 4.69) is 43.5 Å². The number of carbonyl (C=O) groups excluding carboxylic acids is 1. The van der Waals surface area contributed by atoms with Gasteiger partial charge in [0.1, 0.15) is 5.82 Å². The summed E-state index contributed by atoms with van der Waals surface area (Å²) < 4.78 is 1.90. The molecular formula is C25H38N8O. The van der Waals surface area contributed by atoms with Crippen LogP contribution in [0.15, 0.2) is 24.7 Å². The fourth-order valence-corrected chi connectivity index (χ4v) is 4.43. The Hall–Kier alpha value is -3.20. The van der Waals surface area contributed by atoms with Crippen molar-refractivity contribution < 1.29 is 4.79 Å². The molecule has 184 valence electrons. The van der Waals surface area contributed by atoms with Crippen molar-refractivity contribution in [1.82, 2.24) is 24.7 Å². The van der Waals surface area contributed by atoms with Crippen LogP contribution < -0.4 is 20.4 Å². The topological polar surface area (TPSA) is 90.7 Å². The minimum atomic E-state index is -0.213. The molecule has 3 aromatic heterocycles. The number of carbonyl (C=O) groups is 1. The Bertz CT molecular complexity index is 1130. The summed E-state index contributed by atoms with van der Waals surface area (Å²) in [4.78, 5) is 30.7. The normalized spacial score (nSPS) is 16.9. The zero-order chi connectivity index (χ0) is 24.8. The predicted molar refractivity (Wildman–Crippen MR) is 139 cm³/mol. The molecule has 1 saturated heterocycles. The number of fused-ring (bicyclic) bond motifs is 2. The highest BCUT2D eigenvalue weighted by molar-refractivity contribution is 6.02. The number of aryl methyl sites for hydroxylation is 2. The van der Waals surface area contributed by atoms with Gasteiger partial charge >= 0.3 is 6.03 Å². The van der Waals surface area contributed by atoms with Gasteiger partial charge in [-0.25, -0.2) is 19.7 Å². The van der Waals surface area contributed by atoms with Crippen molar-refractivity contribution in [3.05, 3.63) is 41.6 Å². The van der Waals surface area contributed by atoms with Crippen molar-refractivity contribution in [2.24, 2.45) is 0 Å². The fraction of sp³-hybridized carbons (Fsp3) is 0.520. The number of pyridine rings is 1. The van der Waals surface area contributed by atoms with Crippen LogP contribution in [0.1, 0.15) is 51.6 Å². The number of nitrogens with one attached hydrogen (secondary N) is 2. The van der Waals surface area contributed by atoms with E-state index in [0.717, 1.165) is 54.5 Å². The molecule has 0 aliphatic carbocycles. The van der Waals surface area contributed by atoms with Crippen LogP contribution in [0.3, 0.4) is 0 Å². The van der Waals surface area contributed by atoms with E-state index in [-0.39, 0.29) is 6.03 Å². The summed E-state index contributed by atoms with van der Waals surface area (Å²) in [6.45, 7) is 17.5. The predicted octanol–water partition coefficient (Wildman–Crippen LogP) is 4.19. The van der Waals surface area contributed by atoms with E-state index < -0.39 is 0 Å². The van der Waals surface area contributed by atoms with Gasteiger partial charge < -0.3 is 14.6 Å². The molecule has 0 spiro atoms. The van der Waals surface area contributed by atoms with E-state index in [1.165, 1.54) is 5.69 Å². The first kappa shape index (κ1) is 25.4.